The van der Waals surface area contributed by atoms with E-state index < -0.39 is 23.7 Å². The summed E-state index contributed by atoms with van der Waals surface area (Å²) in [5.41, 5.74) is 0.0231. The van der Waals surface area contributed by atoms with Gasteiger partial charge in [0.1, 0.15) is 11.9 Å². The van der Waals surface area contributed by atoms with Crippen LogP contribution in [0, 0.1) is 29.0 Å². The van der Waals surface area contributed by atoms with Crippen molar-refractivity contribution in [1.29, 1.82) is 0 Å². The Balaban J connectivity index is 2.29. The highest BCUT2D eigenvalue weighted by atomic mass is 19.1. The average Bonchev–Trinajstić information content (AvgIpc) is 2.75. The van der Waals surface area contributed by atoms with Gasteiger partial charge in [0.15, 0.2) is 0 Å². The van der Waals surface area contributed by atoms with E-state index in [2.05, 4.69) is 51.7 Å². The third kappa shape index (κ3) is 5.50. The number of allylic oxidation sites excluding steroid dienone is 2. The average molecular weight is 414 g/mol. The van der Waals surface area contributed by atoms with Crippen LogP contribution in [0.15, 0.2) is 30.4 Å². The van der Waals surface area contributed by atoms with Crippen LogP contribution in [0.5, 0.6) is 0 Å². The fourth-order valence-electron chi connectivity index (χ4n) is 3.66. The van der Waals surface area contributed by atoms with Gasteiger partial charge in [-0.1, -0.05) is 51.2 Å². The summed E-state index contributed by atoms with van der Waals surface area (Å²) in [6.45, 7) is 8.72. The highest BCUT2D eigenvalue weighted by molar-refractivity contribution is 5.96. The number of benzene rings is 1. The lowest BCUT2D eigenvalue weighted by Gasteiger charge is -2.33. The number of rotatable bonds is 6. The van der Waals surface area contributed by atoms with Crippen molar-refractivity contribution >= 4 is 11.9 Å². The van der Waals surface area contributed by atoms with E-state index in [9.17, 15) is 19.1 Å². The number of amides is 1. The Labute approximate surface area is 179 Å². The first-order valence-corrected chi connectivity index (χ1v) is 10.8. The summed E-state index contributed by atoms with van der Waals surface area (Å²) in [5, 5.41) is 9.38. The van der Waals surface area contributed by atoms with E-state index in [1.165, 1.54) is 23.1 Å². The standard InChI is InChI=1S/C25H32FNO3/c1-5-7-14-25(4,18(3)6-2)15-13-19-11-12-20(17-21(19)26)23(28)27-16-9-8-10-22(27)24(29)30/h7,11-12,14,17-18,22H,5-6,8-10,16H2,1-4H3,(H,29,30)/b14-7-. The van der Waals surface area contributed by atoms with E-state index in [0.717, 1.165) is 25.7 Å². The van der Waals surface area contributed by atoms with Crippen LogP contribution in [0.25, 0.3) is 0 Å². The van der Waals surface area contributed by atoms with Crippen molar-refractivity contribution < 1.29 is 19.1 Å². The van der Waals surface area contributed by atoms with Gasteiger partial charge in [0, 0.05) is 17.5 Å². The molecule has 1 amide bonds. The van der Waals surface area contributed by atoms with Crippen LogP contribution in [0.1, 0.15) is 75.7 Å². The molecule has 1 N–H and O–H groups in total. The van der Waals surface area contributed by atoms with Gasteiger partial charge in [-0.15, -0.1) is 0 Å². The summed E-state index contributed by atoms with van der Waals surface area (Å²) in [5.74, 6) is 4.45. The molecule has 0 aliphatic carbocycles. The molecule has 1 aliphatic heterocycles. The first kappa shape index (κ1) is 23.7. The predicted molar refractivity (Wildman–Crippen MR) is 117 cm³/mol. The number of carboxylic acids is 1. The Morgan fingerprint density at radius 1 is 1.37 bits per heavy atom. The van der Waals surface area contributed by atoms with Crippen molar-refractivity contribution in [3.05, 3.63) is 47.3 Å². The fraction of sp³-hybridized carbons (Fsp3) is 0.520. The maximum atomic E-state index is 14.7. The third-order valence-corrected chi connectivity index (χ3v) is 6.07. The van der Waals surface area contributed by atoms with Gasteiger partial charge in [0.25, 0.3) is 5.91 Å². The molecule has 162 valence electrons. The molecule has 5 heteroatoms. The van der Waals surface area contributed by atoms with E-state index in [0.29, 0.717) is 18.9 Å². The number of nitrogens with zero attached hydrogens (tertiary/aromatic N) is 1. The molecule has 2 rings (SSSR count). The van der Waals surface area contributed by atoms with Gasteiger partial charge in [-0.2, -0.15) is 0 Å². The second kappa shape index (κ2) is 10.4. The van der Waals surface area contributed by atoms with E-state index >= 15 is 0 Å². The normalized spacial score (nSPS) is 19.6. The number of piperidine rings is 1. The molecule has 1 aromatic rings. The van der Waals surface area contributed by atoms with Crippen LogP contribution in [-0.2, 0) is 4.79 Å². The molecule has 0 spiro atoms. The third-order valence-electron chi connectivity index (χ3n) is 6.07. The van der Waals surface area contributed by atoms with Crippen molar-refractivity contribution in [3.8, 4) is 11.8 Å². The van der Waals surface area contributed by atoms with Gasteiger partial charge in [-0.05, 0) is 56.7 Å². The molecule has 0 bridgehead atoms. The van der Waals surface area contributed by atoms with Crippen molar-refractivity contribution in [2.45, 2.75) is 65.8 Å². The second-order valence-corrected chi connectivity index (χ2v) is 8.20. The Hall–Kier alpha value is -2.61. The summed E-state index contributed by atoms with van der Waals surface area (Å²) in [7, 11) is 0. The van der Waals surface area contributed by atoms with Crippen LogP contribution < -0.4 is 0 Å². The predicted octanol–water partition coefficient (Wildman–Crippen LogP) is 5.28. The Bertz CT molecular complexity index is 867. The summed E-state index contributed by atoms with van der Waals surface area (Å²) in [6, 6.07) is 3.36. The molecule has 0 saturated carbocycles. The first-order chi connectivity index (χ1) is 14.2. The first-order valence-electron chi connectivity index (χ1n) is 10.8. The minimum Gasteiger partial charge on any atom is -0.480 e. The van der Waals surface area contributed by atoms with Gasteiger partial charge < -0.3 is 10.0 Å². The lowest BCUT2D eigenvalue weighted by Crippen LogP contribution is -2.48. The van der Waals surface area contributed by atoms with Gasteiger partial charge >= 0.3 is 5.97 Å². The van der Waals surface area contributed by atoms with Crippen molar-refractivity contribution in [1.82, 2.24) is 4.90 Å². The molecule has 0 radical (unpaired) electrons. The van der Waals surface area contributed by atoms with Crippen LogP contribution in [0.4, 0.5) is 4.39 Å². The number of hydrogen-bond donors (Lipinski definition) is 1. The lowest BCUT2D eigenvalue weighted by atomic mass is 9.76. The number of aliphatic carboxylic acids is 1. The molecular formula is C25H32FNO3. The highest BCUT2D eigenvalue weighted by Crippen LogP contribution is 2.31. The highest BCUT2D eigenvalue weighted by Gasteiger charge is 2.32. The molecule has 1 aromatic carbocycles. The monoisotopic (exact) mass is 413 g/mol. The zero-order valence-corrected chi connectivity index (χ0v) is 18.4. The molecule has 3 unspecified atom stereocenters. The summed E-state index contributed by atoms with van der Waals surface area (Å²) in [4.78, 5) is 25.6. The quantitative estimate of drug-likeness (QED) is 0.510. The number of hydrogen-bond acceptors (Lipinski definition) is 2. The topological polar surface area (TPSA) is 57.6 Å². The SMILES string of the molecule is CC/C=C\C(C)(C#Cc1ccc(C(=O)N2CCCCC2C(=O)O)cc1F)C(C)CC. The number of carbonyl (C=O) groups is 2. The van der Waals surface area contributed by atoms with Crippen LogP contribution >= 0.6 is 0 Å². The van der Waals surface area contributed by atoms with E-state index in [1.807, 2.05) is 0 Å². The van der Waals surface area contributed by atoms with E-state index in [4.69, 9.17) is 0 Å². The summed E-state index contributed by atoms with van der Waals surface area (Å²) >= 11 is 0. The lowest BCUT2D eigenvalue weighted by molar-refractivity contribution is -0.143. The molecule has 3 atom stereocenters. The Morgan fingerprint density at radius 3 is 2.70 bits per heavy atom. The Kier molecular flexibility index (Phi) is 8.23. The van der Waals surface area contributed by atoms with Crippen molar-refractivity contribution in [2.24, 2.45) is 11.3 Å². The minimum atomic E-state index is -1.02. The van der Waals surface area contributed by atoms with Crippen LogP contribution in [0.3, 0.4) is 0 Å². The molecule has 1 aliphatic rings. The molecule has 1 fully saturated rings. The van der Waals surface area contributed by atoms with Gasteiger partial charge in [-0.25, -0.2) is 9.18 Å². The van der Waals surface area contributed by atoms with Crippen LogP contribution in [0.2, 0.25) is 0 Å². The second-order valence-electron chi connectivity index (χ2n) is 8.20. The fourth-order valence-corrected chi connectivity index (χ4v) is 3.66. The zero-order chi connectivity index (χ0) is 22.3. The molecule has 4 nitrogen and oxygen atoms in total. The number of carbonyl (C=O) groups excluding carboxylic acids is 1. The number of carboxylic acid groups (broad SMARTS) is 1. The molecule has 1 saturated heterocycles. The van der Waals surface area contributed by atoms with E-state index in [1.54, 1.807) is 0 Å². The van der Waals surface area contributed by atoms with Gasteiger partial charge in [0.05, 0.1) is 5.56 Å². The number of likely N-dealkylation sites (tertiary alicyclic amines) is 1. The van der Waals surface area contributed by atoms with Crippen molar-refractivity contribution in [2.75, 3.05) is 6.54 Å². The molecular weight excluding hydrogens is 381 g/mol. The molecule has 1 heterocycles. The summed E-state index contributed by atoms with van der Waals surface area (Å²) in [6.07, 6.45) is 7.98. The van der Waals surface area contributed by atoms with E-state index in [-0.39, 0.29) is 16.5 Å². The molecule has 0 aromatic heterocycles. The van der Waals surface area contributed by atoms with Crippen LogP contribution in [-0.4, -0.2) is 34.5 Å². The van der Waals surface area contributed by atoms with Gasteiger partial charge in [-0.3, -0.25) is 4.79 Å². The minimum absolute atomic E-state index is 0.154. The number of halogens is 1. The van der Waals surface area contributed by atoms with Gasteiger partial charge in [0.2, 0.25) is 0 Å². The maximum Gasteiger partial charge on any atom is 0.326 e. The molecule has 30 heavy (non-hydrogen) atoms. The zero-order valence-electron chi connectivity index (χ0n) is 18.4. The van der Waals surface area contributed by atoms with Crippen molar-refractivity contribution in [3.63, 3.8) is 0 Å². The largest absolute Gasteiger partial charge is 0.480 e. The maximum absolute atomic E-state index is 14.7. The Morgan fingerprint density at radius 2 is 2.10 bits per heavy atom. The smallest absolute Gasteiger partial charge is 0.326 e. The summed E-state index contributed by atoms with van der Waals surface area (Å²) < 4.78 is 14.7.